The van der Waals surface area contributed by atoms with Gasteiger partial charge in [-0.2, -0.15) is 0 Å². The van der Waals surface area contributed by atoms with Crippen LogP contribution in [0.15, 0.2) is 30.6 Å². The van der Waals surface area contributed by atoms with E-state index in [2.05, 4.69) is 32.9 Å². The number of rotatable bonds is 6. The van der Waals surface area contributed by atoms with Gasteiger partial charge >= 0.3 is 0 Å². The second-order valence-electron chi connectivity index (χ2n) is 6.34. The normalized spacial score (nSPS) is 18.1. The van der Waals surface area contributed by atoms with Crippen molar-refractivity contribution in [3.63, 3.8) is 0 Å². The van der Waals surface area contributed by atoms with Gasteiger partial charge in [-0.3, -0.25) is 0 Å². The van der Waals surface area contributed by atoms with E-state index in [4.69, 9.17) is 0 Å². The van der Waals surface area contributed by atoms with Crippen LogP contribution in [-0.2, 0) is 6.54 Å². The lowest BCUT2D eigenvalue weighted by atomic mass is 9.92. The van der Waals surface area contributed by atoms with Crippen molar-refractivity contribution in [1.29, 1.82) is 0 Å². The van der Waals surface area contributed by atoms with Crippen LogP contribution >= 0.6 is 0 Å². The van der Waals surface area contributed by atoms with Gasteiger partial charge in [0.05, 0.1) is 23.5 Å². The Morgan fingerprint density at radius 1 is 1.36 bits per heavy atom. The molecule has 0 amide bonds. The van der Waals surface area contributed by atoms with Gasteiger partial charge in [0.2, 0.25) is 0 Å². The monoisotopic (exact) mass is 302 g/mol. The van der Waals surface area contributed by atoms with Crippen LogP contribution in [0.3, 0.4) is 0 Å². The number of hydrogen-bond donors (Lipinski definition) is 2. The van der Waals surface area contributed by atoms with Crippen molar-refractivity contribution < 1.29 is 5.11 Å². The highest BCUT2D eigenvalue weighted by molar-refractivity contribution is 5.74. The third kappa shape index (κ3) is 3.66. The van der Waals surface area contributed by atoms with E-state index in [-0.39, 0.29) is 6.10 Å². The quantitative estimate of drug-likeness (QED) is 0.845. The van der Waals surface area contributed by atoms with Crippen LogP contribution in [0, 0.1) is 5.92 Å². The van der Waals surface area contributed by atoms with Gasteiger partial charge in [-0.1, -0.05) is 12.1 Å². The molecule has 5 heteroatoms. The van der Waals surface area contributed by atoms with E-state index >= 15 is 0 Å². The summed E-state index contributed by atoms with van der Waals surface area (Å²) in [7, 11) is 2.09. The number of nitrogens with one attached hydrogen (secondary N) is 1. The molecule has 1 aromatic heterocycles. The number of aliphatic hydroxyl groups is 1. The summed E-state index contributed by atoms with van der Waals surface area (Å²) in [5, 5.41) is 13.7. The molecule has 0 bridgehead atoms. The van der Waals surface area contributed by atoms with Gasteiger partial charge in [0.15, 0.2) is 0 Å². The number of aliphatic hydroxyl groups excluding tert-OH is 1. The van der Waals surface area contributed by atoms with E-state index in [0.29, 0.717) is 5.92 Å². The summed E-state index contributed by atoms with van der Waals surface area (Å²) in [5.41, 5.74) is 2.22. The van der Waals surface area contributed by atoms with Gasteiger partial charge in [-0.15, -0.1) is 0 Å². The largest absolute Gasteiger partial charge is 0.392 e. The molecular weight excluding hydrogens is 276 g/mol. The Bertz CT molecular complexity index is 591. The first-order valence-electron chi connectivity index (χ1n) is 8.21. The van der Waals surface area contributed by atoms with Crippen molar-refractivity contribution in [2.24, 2.45) is 5.92 Å². The number of piperidine rings is 1. The van der Waals surface area contributed by atoms with Gasteiger partial charge in [0.1, 0.15) is 0 Å². The number of aromatic nitrogens is 2. The van der Waals surface area contributed by atoms with Crippen LogP contribution < -0.4 is 5.32 Å². The highest BCUT2D eigenvalue weighted by Gasteiger charge is 2.22. The zero-order chi connectivity index (χ0) is 15.4. The van der Waals surface area contributed by atoms with E-state index in [1.165, 1.54) is 5.52 Å². The Kier molecular flexibility index (Phi) is 5.08. The number of nitrogens with zero attached hydrogens (tertiary/aromatic N) is 3. The Labute approximate surface area is 131 Å². The molecule has 1 saturated heterocycles. The molecule has 2 N–H and O–H groups in total. The molecule has 0 aliphatic carbocycles. The van der Waals surface area contributed by atoms with E-state index in [1.807, 2.05) is 24.5 Å². The third-order valence-electron chi connectivity index (χ3n) is 4.68. The van der Waals surface area contributed by atoms with E-state index in [0.717, 1.165) is 51.1 Å². The summed E-state index contributed by atoms with van der Waals surface area (Å²) in [6.07, 6.45) is 3.86. The van der Waals surface area contributed by atoms with Crippen LogP contribution in [0.1, 0.15) is 12.8 Å². The fourth-order valence-electron chi connectivity index (χ4n) is 3.26. The SMILES string of the molecule is CN(CCn1cnc2ccccc21)CC(O)C1CCNCC1. The molecule has 3 rings (SSSR count). The lowest BCUT2D eigenvalue weighted by molar-refractivity contribution is 0.0573. The molecule has 120 valence electrons. The molecule has 1 aliphatic heterocycles. The van der Waals surface area contributed by atoms with E-state index in [1.54, 1.807) is 0 Å². The summed E-state index contributed by atoms with van der Waals surface area (Å²) in [6.45, 7) is 4.63. The zero-order valence-electron chi connectivity index (χ0n) is 13.3. The highest BCUT2D eigenvalue weighted by atomic mass is 16.3. The van der Waals surface area contributed by atoms with E-state index in [9.17, 15) is 5.11 Å². The number of hydrogen-bond acceptors (Lipinski definition) is 4. The van der Waals surface area contributed by atoms with Crippen molar-refractivity contribution in [2.45, 2.75) is 25.5 Å². The maximum absolute atomic E-state index is 10.4. The molecule has 1 atom stereocenters. The van der Waals surface area contributed by atoms with Gasteiger partial charge in [-0.25, -0.2) is 4.98 Å². The second-order valence-corrected chi connectivity index (χ2v) is 6.34. The Balaban J connectivity index is 1.50. The first-order valence-corrected chi connectivity index (χ1v) is 8.21. The molecule has 0 spiro atoms. The fraction of sp³-hybridized carbons (Fsp3) is 0.588. The minimum Gasteiger partial charge on any atom is -0.392 e. The number of fused-ring (bicyclic) bond motifs is 1. The molecule has 22 heavy (non-hydrogen) atoms. The minimum absolute atomic E-state index is 0.216. The van der Waals surface area contributed by atoms with Gasteiger partial charge in [0, 0.05) is 19.6 Å². The molecule has 1 fully saturated rings. The predicted molar refractivity (Wildman–Crippen MR) is 88.8 cm³/mol. The van der Waals surface area contributed by atoms with Crippen LogP contribution in [-0.4, -0.2) is 58.9 Å². The fourth-order valence-corrected chi connectivity index (χ4v) is 3.26. The Morgan fingerprint density at radius 3 is 2.95 bits per heavy atom. The molecule has 1 unspecified atom stereocenters. The summed E-state index contributed by atoms with van der Waals surface area (Å²) >= 11 is 0. The molecule has 0 saturated carbocycles. The first-order chi connectivity index (χ1) is 10.7. The summed E-state index contributed by atoms with van der Waals surface area (Å²) in [5.74, 6) is 0.442. The Hall–Kier alpha value is -1.43. The standard InChI is InChI=1S/C17H26N4O/c1-20(12-17(22)14-6-8-18-9-7-14)10-11-21-13-19-15-4-2-3-5-16(15)21/h2-5,13-14,17-18,22H,6-12H2,1H3. The average Bonchev–Trinajstić information content (AvgIpc) is 2.97. The van der Waals surface area contributed by atoms with Crippen molar-refractivity contribution >= 4 is 11.0 Å². The molecule has 1 aromatic carbocycles. The molecule has 1 aliphatic rings. The molecule has 2 aromatic rings. The van der Waals surface area contributed by atoms with Crippen molar-refractivity contribution in [3.05, 3.63) is 30.6 Å². The number of benzene rings is 1. The number of likely N-dealkylation sites (N-methyl/N-ethyl adjacent to an activating group) is 1. The summed E-state index contributed by atoms with van der Waals surface area (Å²) < 4.78 is 2.18. The van der Waals surface area contributed by atoms with Crippen LogP contribution in [0.2, 0.25) is 0 Å². The van der Waals surface area contributed by atoms with Crippen LogP contribution in [0.4, 0.5) is 0 Å². The lowest BCUT2D eigenvalue weighted by Crippen LogP contribution is -2.40. The van der Waals surface area contributed by atoms with E-state index < -0.39 is 0 Å². The van der Waals surface area contributed by atoms with Crippen LogP contribution in [0.5, 0.6) is 0 Å². The number of imidazole rings is 1. The molecule has 2 heterocycles. The van der Waals surface area contributed by atoms with Gasteiger partial charge in [0.25, 0.3) is 0 Å². The zero-order valence-corrected chi connectivity index (χ0v) is 13.3. The second kappa shape index (κ2) is 7.22. The predicted octanol–water partition coefficient (Wildman–Crippen LogP) is 1.33. The molecule has 5 nitrogen and oxygen atoms in total. The lowest BCUT2D eigenvalue weighted by Gasteiger charge is -2.30. The first kappa shape index (κ1) is 15.5. The topological polar surface area (TPSA) is 53.3 Å². The van der Waals surface area contributed by atoms with Crippen molar-refractivity contribution in [1.82, 2.24) is 19.8 Å². The summed E-state index contributed by atoms with van der Waals surface area (Å²) in [4.78, 5) is 6.64. The van der Waals surface area contributed by atoms with Gasteiger partial charge in [-0.05, 0) is 51.0 Å². The van der Waals surface area contributed by atoms with Crippen molar-refractivity contribution in [2.75, 3.05) is 33.2 Å². The maximum atomic E-state index is 10.4. The van der Waals surface area contributed by atoms with Crippen molar-refractivity contribution in [3.8, 4) is 0 Å². The summed E-state index contributed by atoms with van der Waals surface area (Å²) in [6, 6.07) is 8.20. The van der Waals surface area contributed by atoms with Crippen LogP contribution in [0.25, 0.3) is 11.0 Å². The maximum Gasteiger partial charge on any atom is 0.0958 e. The molecular formula is C17H26N4O. The smallest absolute Gasteiger partial charge is 0.0958 e. The number of para-hydroxylation sites is 2. The third-order valence-corrected chi connectivity index (χ3v) is 4.68. The van der Waals surface area contributed by atoms with Gasteiger partial charge < -0.3 is 19.9 Å². The molecule has 0 radical (unpaired) electrons. The average molecular weight is 302 g/mol. The highest BCUT2D eigenvalue weighted by Crippen LogP contribution is 2.17. The minimum atomic E-state index is -0.216. The Morgan fingerprint density at radius 2 is 2.14 bits per heavy atom.